The number of nitrogens with zero attached hydrogens (tertiary/aromatic N) is 1. The third-order valence-electron chi connectivity index (χ3n) is 4.35. The number of urea groups is 1. The number of halogens is 2. The molecule has 0 saturated heterocycles. The topological polar surface area (TPSA) is 32.3 Å². The lowest BCUT2D eigenvalue weighted by molar-refractivity contribution is 0.189. The van der Waals surface area contributed by atoms with E-state index in [9.17, 15) is 4.79 Å². The van der Waals surface area contributed by atoms with E-state index in [-0.39, 0.29) is 12.1 Å². The van der Waals surface area contributed by atoms with E-state index in [0.29, 0.717) is 11.6 Å². The van der Waals surface area contributed by atoms with Crippen molar-refractivity contribution in [2.24, 2.45) is 0 Å². The van der Waals surface area contributed by atoms with Crippen LogP contribution < -0.4 is 5.32 Å². The Balaban J connectivity index is 1.86. The highest BCUT2D eigenvalue weighted by molar-refractivity contribution is 9.10. The molecule has 0 saturated carbocycles. The van der Waals surface area contributed by atoms with E-state index in [4.69, 9.17) is 11.6 Å². The van der Waals surface area contributed by atoms with Gasteiger partial charge in [0.1, 0.15) is 0 Å². The Hall–Kier alpha value is -2.30. The van der Waals surface area contributed by atoms with Crippen molar-refractivity contribution in [2.45, 2.75) is 19.5 Å². The minimum atomic E-state index is -0.153. The van der Waals surface area contributed by atoms with E-state index in [1.54, 1.807) is 0 Å². The van der Waals surface area contributed by atoms with Gasteiger partial charge in [0.15, 0.2) is 0 Å². The fourth-order valence-corrected chi connectivity index (χ4v) is 3.37. The van der Waals surface area contributed by atoms with E-state index in [1.807, 2.05) is 90.7 Å². The summed E-state index contributed by atoms with van der Waals surface area (Å²) in [5.41, 5.74) is 2.85. The van der Waals surface area contributed by atoms with Crippen molar-refractivity contribution in [3.8, 4) is 0 Å². The molecule has 138 valence electrons. The first-order chi connectivity index (χ1) is 13.0. The second kappa shape index (κ2) is 9.07. The Bertz CT molecular complexity index is 900. The van der Waals surface area contributed by atoms with Crippen LogP contribution in [0.25, 0.3) is 0 Å². The quantitative estimate of drug-likeness (QED) is 0.457. The molecule has 0 aromatic heterocycles. The van der Waals surface area contributed by atoms with Crippen molar-refractivity contribution in [1.82, 2.24) is 4.90 Å². The smallest absolute Gasteiger partial charge is 0.313 e. The summed E-state index contributed by atoms with van der Waals surface area (Å²) in [6.45, 7) is 2.51. The van der Waals surface area contributed by atoms with Gasteiger partial charge in [-0.15, -0.1) is 0 Å². The summed E-state index contributed by atoms with van der Waals surface area (Å²) >= 11 is 9.43. The standard InChI is InChI=1S/C22H20BrClN2O/c1-16(18-6-3-2-4-7-18)26(15-17-10-12-20(24)13-11-17)22(27)25-21-9-5-8-19(23)14-21/h2-14,16H,15H2,1H3,(H,25,27). The Morgan fingerprint density at radius 1 is 1.04 bits per heavy atom. The van der Waals surface area contributed by atoms with Crippen molar-refractivity contribution in [3.63, 3.8) is 0 Å². The number of carbonyl (C=O) groups excluding carboxylic acids is 1. The van der Waals surface area contributed by atoms with Gasteiger partial charge in [-0.1, -0.05) is 76.1 Å². The van der Waals surface area contributed by atoms with Gasteiger partial charge in [-0.25, -0.2) is 4.79 Å². The number of anilines is 1. The molecule has 2 amide bonds. The van der Waals surface area contributed by atoms with Crippen LogP contribution in [0.2, 0.25) is 5.02 Å². The maximum atomic E-state index is 13.1. The summed E-state index contributed by atoms with van der Waals surface area (Å²) in [7, 11) is 0. The predicted molar refractivity (Wildman–Crippen MR) is 115 cm³/mol. The summed E-state index contributed by atoms with van der Waals surface area (Å²) in [5.74, 6) is 0. The highest BCUT2D eigenvalue weighted by Gasteiger charge is 2.22. The zero-order valence-corrected chi connectivity index (χ0v) is 17.2. The minimum absolute atomic E-state index is 0.0889. The lowest BCUT2D eigenvalue weighted by atomic mass is 10.1. The van der Waals surface area contributed by atoms with Crippen LogP contribution in [0.5, 0.6) is 0 Å². The van der Waals surface area contributed by atoms with Gasteiger partial charge in [0.2, 0.25) is 0 Å². The van der Waals surface area contributed by atoms with Crippen LogP contribution in [-0.4, -0.2) is 10.9 Å². The molecule has 0 heterocycles. The van der Waals surface area contributed by atoms with Gasteiger partial charge >= 0.3 is 6.03 Å². The van der Waals surface area contributed by atoms with Gasteiger partial charge in [0, 0.05) is 21.7 Å². The van der Waals surface area contributed by atoms with Crippen LogP contribution in [0.3, 0.4) is 0 Å². The fraction of sp³-hybridized carbons (Fsp3) is 0.136. The molecule has 3 nitrogen and oxygen atoms in total. The van der Waals surface area contributed by atoms with E-state index in [0.717, 1.165) is 21.3 Å². The summed E-state index contributed by atoms with van der Waals surface area (Å²) < 4.78 is 0.917. The molecule has 0 aliphatic heterocycles. The summed E-state index contributed by atoms with van der Waals surface area (Å²) in [6.07, 6.45) is 0. The molecule has 1 N–H and O–H groups in total. The van der Waals surface area contributed by atoms with Gasteiger partial charge in [-0.3, -0.25) is 0 Å². The van der Waals surface area contributed by atoms with Crippen LogP contribution in [0.4, 0.5) is 10.5 Å². The van der Waals surface area contributed by atoms with Crippen LogP contribution in [0, 0.1) is 0 Å². The summed E-state index contributed by atoms with van der Waals surface area (Å²) in [5, 5.41) is 3.68. The number of rotatable bonds is 5. The van der Waals surface area contributed by atoms with Crippen LogP contribution >= 0.6 is 27.5 Å². The number of carbonyl (C=O) groups is 1. The molecular formula is C22H20BrClN2O. The van der Waals surface area contributed by atoms with E-state index >= 15 is 0 Å². The van der Waals surface area contributed by atoms with Gasteiger partial charge < -0.3 is 10.2 Å². The summed E-state index contributed by atoms with van der Waals surface area (Å²) in [6, 6.07) is 24.9. The maximum absolute atomic E-state index is 13.1. The normalized spacial score (nSPS) is 11.7. The van der Waals surface area contributed by atoms with Crippen LogP contribution in [0.15, 0.2) is 83.3 Å². The molecule has 3 aromatic carbocycles. The Morgan fingerprint density at radius 3 is 2.41 bits per heavy atom. The lowest BCUT2D eigenvalue weighted by Gasteiger charge is -2.30. The maximum Gasteiger partial charge on any atom is 0.322 e. The average Bonchev–Trinajstić information content (AvgIpc) is 2.67. The third kappa shape index (κ3) is 5.34. The monoisotopic (exact) mass is 442 g/mol. The van der Waals surface area contributed by atoms with E-state index in [1.165, 1.54) is 0 Å². The number of hydrogen-bond acceptors (Lipinski definition) is 1. The highest BCUT2D eigenvalue weighted by atomic mass is 79.9. The first-order valence-electron chi connectivity index (χ1n) is 8.65. The van der Waals surface area contributed by atoms with Crippen LogP contribution in [0.1, 0.15) is 24.1 Å². The number of benzene rings is 3. The van der Waals surface area contributed by atoms with E-state index < -0.39 is 0 Å². The zero-order chi connectivity index (χ0) is 19.2. The van der Waals surface area contributed by atoms with Crippen LogP contribution in [-0.2, 0) is 6.54 Å². The van der Waals surface area contributed by atoms with Gasteiger partial charge in [0.05, 0.1) is 6.04 Å². The molecule has 0 spiro atoms. The molecule has 1 atom stereocenters. The highest BCUT2D eigenvalue weighted by Crippen LogP contribution is 2.25. The van der Waals surface area contributed by atoms with E-state index in [2.05, 4.69) is 21.2 Å². The van der Waals surface area contributed by atoms with Gasteiger partial charge in [-0.2, -0.15) is 0 Å². The largest absolute Gasteiger partial charge is 0.322 e. The molecule has 1 unspecified atom stereocenters. The van der Waals surface area contributed by atoms with Gasteiger partial charge in [-0.05, 0) is 48.4 Å². The molecule has 0 aliphatic rings. The average molecular weight is 444 g/mol. The number of amides is 2. The fourth-order valence-electron chi connectivity index (χ4n) is 2.84. The second-order valence-electron chi connectivity index (χ2n) is 6.28. The van der Waals surface area contributed by atoms with Crippen molar-refractivity contribution >= 4 is 39.2 Å². The van der Waals surface area contributed by atoms with Crippen molar-refractivity contribution in [2.75, 3.05) is 5.32 Å². The van der Waals surface area contributed by atoms with Crippen molar-refractivity contribution in [3.05, 3.63) is 99.5 Å². The molecule has 0 radical (unpaired) electrons. The number of nitrogens with one attached hydrogen (secondary N) is 1. The Kier molecular flexibility index (Phi) is 6.54. The Morgan fingerprint density at radius 2 is 1.74 bits per heavy atom. The number of hydrogen-bond donors (Lipinski definition) is 1. The minimum Gasteiger partial charge on any atom is -0.313 e. The van der Waals surface area contributed by atoms with Gasteiger partial charge in [0.25, 0.3) is 0 Å². The molecule has 3 aromatic rings. The second-order valence-corrected chi connectivity index (χ2v) is 7.63. The molecule has 0 aliphatic carbocycles. The molecule has 3 rings (SSSR count). The molecular weight excluding hydrogens is 424 g/mol. The first-order valence-corrected chi connectivity index (χ1v) is 9.82. The third-order valence-corrected chi connectivity index (χ3v) is 5.10. The molecule has 0 bridgehead atoms. The molecule has 5 heteroatoms. The lowest BCUT2D eigenvalue weighted by Crippen LogP contribution is -2.36. The molecule has 0 fully saturated rings. The first kappa shape index (κ1) is 19.5. The zero-order valence-electron chi connectivity index (χ0n) is 14.9. The predicted octanol–water partition coefficient (Wildman–Crippen LogP) is 6.90. The Labute approximate surface area is 173 Å². The summed E-state index contributed by atoms with van der Waals surface area (Å²) in [4.78, 5) is 14.9. The SMILES string of the molecule is CC(c1ccccc1)N(Cc1ccc(Cl)cc1)C(=O)Nc1cccc(Br)c1. The van der Waals surface area contributed by atoms with Crippen molar-refractivity contribution < 1.29 is 4.79 Å². The van der Waals surface area contributed by atoms with Crippen molar-refractivity contribution in [1.29, 1.82) is 0 Å². The molecule has 27 heavy (non-hydrogen) atoms.